The van der Waals surface area contributed by atoms with Gasteiger partial charge in [0.1, 0.15) is 0 Å². The van der Waals surface area contributed by atoms with E-state index in [1.807, 2.05) is 5.38 Å². The van der Waals surface area contributed by atoms with E-state index >= 15 is 0 Å². The highest BCUT2D eigenvalue weighted by atomic mass is 32.1. The maximum atomic E-state index is 13.0. The average molecular weight is 483 g/mol. The zero-order valence-corrected chi connectivity index (χ0v) is 19.7. The van der Waals surface area contributed by atoms with Crippen LogP contribution >= 0.6 is 11.3 Å². The van der Waals surface area contributed by atoms with Gasteiger partial charge >= 0.3 is 12.2 Å². The van der Waals surface area contributed by atoms with Crippen molar-refractivity contribution in [2.75, 3.05) is 44.2 Å². The maximum absolute atomic E-state index is 13.0. The molecule has 0 bridgehead atoms. The van der Waals surface area contributed by atoms with E-state index in [4.69, 9.17) is 0 Å². The molecule has 5 nitrogen and oxygen atoms in total. The van der Waals surface area contributed by atoms with Gasteiger partial charge in [-0.3, -0.25) is 4.90 Å². The van der Waals surface area contributed by atoms with Crippen LogP contribution in [-0.2, 0) is 6.18 Å². The zero-order valence-electron chi connectivity index (χ0n) is 18.9. The van der Waals surface area contributed by atoms with Gasteiger partial charge in [0.2, 0.25) is 0 Å². The first-order valence-corrected chi connectivity index (χ1v) is 12.9. The molecule has 1 aromatic carbocycles. The molecule has 1 aromatic heterocycles. The molecule has 1 aliphatic carbocycles. The fourth-order valence-corrected chi connectivity index (χ4v) is 5.80. The number of halogens is 3. The van der Waals surface area contributed by atoms with E-state index in [0.717, 1.165) is 69.5 Å². The summed E-state index contributed by atoms with van der Waals surface area (Å²) in [6.45, 7) is 5.31. The third-order valence-electron chi connectivity index (χ3n) is 6.72. The fraction of sp³-hybridized carbons (Fsp3) is 0.625. The molecule has 0 unspecified atom stereocenters. The first kappa shape index (κ1) is 24.1. The number of piperazine rings is 1. The van der Waals surface area contributed by atoms with Crippen molar-refractivity contribution in [3.05, 3.63) is 29.1 Å². The Kier molecular flexibility index (Phi) is 8.01. The maximum Gasteiger partial charge on any atom is 0.416 e. The second-order valence-corrected chi connectivity index (χ2v) is 10.0. The predicted molar refractivity (Wildman–Crippen MR) is 128 cm³/mol. The first-order valence-electron chi connectivity index (χ1n) is 12.0. The predicted octanol–water partition coefficient (Wildman–Crippen LogP) is 5.45. The molecule has 0 radical (unpaired) electrons. The summed E-state index contributed by atoms with van der Waals surface area (Å²) in [5.41, 5.74) is 0.450. The quantitative estimate of drug-likeness (QED) is 0.516. The normalized spacial score (nSPS) is 18.6. The summed E-state index contributed by atoms with van der Waals surface area (Å²) >= 11 is 1.38. The van der Waals surface area contributed by atoms with Gasteiger partial charge in [-0.2, -0.15) is 13.2 Å². The van der Waals surface area contributed by atoms with Crippen molar-refractivity contribution in [1.29, 1.82) is 0 Å². The van der Waals surface area contributed by atoms with Gasteiger partial charge in [-0.05, 0) is 44.4 Å². The molecule has 2 N–H and O–H groups in total. The minimum absolute atomic E-state index is 0.0409. The molecule has 2 amide bonds. The molecule has 1 saturated carbocycles. The largest absolute Gasteiger partial charge is 0.416 e. The van der Waals surface area contributed by atoms with Gasteiger partial charge in [0.15, 0.2) is 0 Å². The number of anilines is 1. The topological polar surface area (TPSA) is 47.6 Å². The van der Waals surface area contributed by atoms with Crippen LogP contribution in [0.1, 0.15) is 50.5 Å². The number of fused-ring (bicyclic) bond motifs is 1. The Bertz CT molecular complexity index is 918. The number of urea groups is 1. The molecule has 9 heteroatoms. The van der Waals surface area contributed by atoms with Crippen LogP contribution in [0.4, 0.5) is 23.7 Å². The molecule has 33 heavy (non-hydrogen) atoms. The lowest BCUT2D eigenvalue weighted by molar-refractivity contribution is -0.137. The lowest BCUT2D eigenvalue weighted by Crippen LogP contribution is -2.46. The number of hydrogen-bond acceptors (Lipinski definition) is 4. The molecule has 2 aliphatic rings. The third kappa shape index (κ3) is 6.53. The van der Waals surface area contributed by atoms with Crippen LogP contribution in [0, 0.1) is 0 Å². The van der Waals surface area contributed by atoms with Crippen molar-refractivity contribution in [2.24, 2.45) is 0 Å². The number of benzene rings is 1. The molecule has 1 saturated heterocycles. The van der Waals surface area contributed by atoms with Gasteiger partial charge in [-0.1, -0.05) is 25.3 Å². The van der Waals surface area contributed by atoms with Gasteiger partial charge < -0.3 is 15.5 Å². The number of thiophene rings is 1. The van der Waals surface area contributed by atoms with Crippen molar-refractivity contribution in [3.8, 4) is 0 Å². The second kappa shape index (κ2) is 11.0. The third-order valence-corrected chi connectivity index (χ3v) is 7.66. The van der Waals surface area contributed by atoms with Crippen molar-refractivity contribution >= 4 is 33.1 Å². The lowest BCUT2D eigenvalue weighted by Gasteiger charge is -2.36. The molecule has 2 fully saturated rings. The Morgan fingerprint density at radius 3 is 2.55 bits per heavy atom. The SMILES string of the molecule is O=C(NCCCCN1CCN(c2csc3cc(C(F)(F)F)ccc23)CC1)NC1CCCCC1. The zero-order chi connectivity index (χ0) is 23.3. The van der Waals surface area contributed by atoms with Crippen LogP contribution < -0.4 is 15.5 Å². The van der Waals surface area contributed by atoms with Crippen LogP contribution in [0.15, 0.2) is 23.6 Å². The van der Waals surface area contributed by atoms with E-state index in [9.17, 15) is 18.0 Å². The molecule has 2 heterocycles. The Labute approximate surface area is 197 Å². The average Bonchev–Trinajstić information content (AvgIpc) is 3.23. The summed E-state index contributed by atoms with van der Waals surface area (Å²) in [6.07, 6.45) is 3.56. The number of unbranched alkanes of at least 4 members (excludes halogenated alkanes) is 1. The first-order chi connectivity index (χ1) is 15.9. The summed E-state index contributed by atoms with van der Waals surface area (Å²) in [7, 11) is 0. The number of amides is 2. The van der Waals surface area contributed by atoms with Crippen LogP contribution in [0.2, 0.25) is 0 Å². The second-order valence-electron chi connectivity index (χ2n) is 9.10. The van der Waals surface area contributed by atoms with E-state index in [0.29, 0.717) is 17.3 Å². The molecule has 2 aromatic rings. The lowest BCUT2D eigenvalue weighted by atomic mass is 9.96. The Hall–Kier alpha value is -2.00. The minimum Gasteiger partial charge on any atom is -0.368 e. The molecule has 4 rings (SSSR count). The minimum atomic E-state index is -4.31. The fourth-order valence-electron chi connectivity index (χ4n) is 4.79. The van der Waals surface area contributed by atoms with Crippen LogP contribution in [0.3, 0.4) is 0 Å². The molecule has 0 spiro atoms. The number of nitrogens with zero attached hydrogens (tertiary/aromatic N) is 2. The molecular formula is C24H33F3N4OS. The van der Waals surface area contributed by atoms with Crippen molar-refractivity contribution in [1.82, 2.24) is 15.5 Å². The standard InChI is InChI=1S/C24H33F3N4OS/c25-24(26,27)18-8-9-20-21(17-33-22(20)16-18)31-14-12-30(13-15-31)11-5-4-10-28-23(32)29-19-6-2-1-3-7-19/h8-9,16-17,19H,1-7,10-15H2,(H2,28,29,32). The van der Waals surface area contributed by atoms with E-state index in [2.05, 4.69) is 20.4 Å². The monoisotopic (exact) mass is 482 g/mol. The summed E-state index contributed by atoms with van der Waals surface area (Å²) in [5.74, 6) is 0. The summed E-state index contributed by atoms with van der Waals surface area (Å²) < 4.78 is 39.6. The van der Waals surface area contributed by atoms with E-state index in [1.165, 1.54) is 42.7 Å². The molecule has 182 valence electrons. The highest BCUT2D eigenvalue weighted by molar-refractivity contribution is 7.17. The number of carbonyl (C=O) groups is 1. The van der Waals surface area contributed by atoms with Gasteiger partial charge in [0, 0.05) is 54.2 Å². The van der Waals surface area contributed by atoms with Gasteiger partial charge in [-0.25, -0.2) is 4.79 Å². The highest BCUT2D eigenvalue weighted by Crippen LogP contribution is 2.38. The van der Waals surface area contributed by atoms with Crippen molar-refractivity contribution < 1.29 is 18.0 Å². The Balaban J connectivity index is 1.15. The molecule has 0 atom stereocenters. The Morgan fingerprint density at radius 1 is 1.06 bits per heavy atom. The van der Waals surface area contributed by atoms with Crippen molar-refractivity contribution in [3.63, 3.8) is 0 Å². The summed E-state index contributed by atoms with van der Waals surface area (Å²) in [4.78, 5) is 16.7. The number of nitrogens with one attached hydrogen (secondary N) is 2. The van der Waals surface area contributed by atoms with Crippen LogP contribution in [-0.4, -0.2) is 56.2 Å². The van der Waals surface area contributed by atoms with Gasteiger partial charge in [-0.15, -0.1) is 11.3 Å². The van der Waals surface area contributed by atoms with E-state index in [-0.39, 0.29) is 6.03 Å². The number of hydrogen-bond donors (Lipinski definition) is 2. The summed E-state index contributed by atoms with van der Waals surface area (Å²) in [5, 5.41) is 8.94. The van der Waals surface area contributed by atoms with E-state index in [1.54, 1.807) is 6.07 Å². The Morgan fingerprint density at radius 2 is 1.82 bits per heavy atom. The molecular weight excluding hydrogens is 449 g/mol. The van der Waals surface area contributed by atoms with Crippen molar-refractivity contribution in [2.45, 2.75) is 57.2 Å². The summed E-state index contributed by atoms with van der Waals surface area (Å²) in [6, 6.07) is 4.33. The van der Waals surface area contributed by atoms with Crippen LogP contribution in [0.25, 0.3) is 10.1 Å². The smallest absolute Gasteiger partial charge is 0.368 e. The molecule has 1 aliphatic heterocycles. The van der Waals surface area contributed by atoms with Gasteiger partial charge in [0.25, 0.3) is 0 Å². The number of alkyl halides is 3. The van der Waals surface area contributed by atoms with Crippen LogP contribution in [0.5, 0.6) is 0 Å². The van der Waals surface area contributed by atoms with Gasteiger partial charge in [0.05, 0.1) is 11.3 Å². The number of rotatable bonds is 7. The number of carbonyl (C=O) groups excluding carboxylic acids is 1. The van der Waals surface area contributed by atoms with E-state index < -0.39 is 11.7 Å². The highest BCUT2D eigenvalue weighted by Gasteiger charge is 2.31.